The van der Waals surface area contributed by atoms with Crippen molar-refractivity contribution in [3.05, 3.63) is 138 Å². The van der Waals surface area contributed by atoms with Gasteiger partial charge in [-0.05, 0) is 103 Å². The largest absolute Gasteiger partial charge is 0.497 e. The Balaban J connectivity index is 1.20. The van der Waals surface area contributed by atoms with E-state index < -0.39 is 0 Å². The van der Waals surface area contributed by atoms with Crippen molar-refractivity contribution >= 4 is 34.0 Å². The van der Waals surface area contributed by atoms with E-state index in [4.69, 9.17) is 14.5 Å². The highest BCUT2D eigenvalue weighted by Gasteiger charge is 2.15. The number of hydrogen-bond donors (Lipinski definition) is 2. The fourth-order valence-corrected chi connectivity index (χ4v) is 6.40. The van der Waals surface area contributed by atoms with Gasteiger partial charge >= 0.3 is 0 Å². The molecule has 0 radical (unpaired) electrons. The number of fused-ring (bicyclic) bond motifs is 1. The van der Waals surface area contributed by atoms with Crippen molar-refractivity contribution in [1.82, 2.24) is 4.98 Å². The molecule has 2 N–H and O–H groups in total. The summed E-state index contributed by atoms with van der Waals surface area (Å²) in [5.74, 6) is 1.54. The number of carbonyl (C=O) groups is 1. The highest BCUT2D eigenvalue weighted by Crippen LogP contribution is 2.34. The number of hydrogen-bond acceptors (Lipinski definition) is 6. The van der Waals surface area contributed by atoms with Gasteiger partial charge < -0.3 is 25.0 Å². The fourth-order valence-electron chi connectivity index (χ4n) is 6.40. The summed E-state index contributed by atoms with van der Waals surface area (Å²) in [6, 6.07) is 39.2. The van der Waals surface area contributed by atoms with Crippen LogP contribution in [0.4, 0.5) is 17.2 Å². The summed E-state index contributed by atoms with van der Waals surface area (Å²) in [5.41, 5.74) is 10.9. The van der Waals surface area contributed by atoms with Crippen LogP contribution in [0.2, 0.25) is 0 Å². The van der Waals surface area contributed by atoms with Gasteiger partial charge in [0.2, 0.25) is 0 Å². The molecular weight excluding hydrogens is 608 g/mol. The molecule has 6 aromatic rings. The molecule has 1 saturated heterocycles. The zero-order valence-corrected chi connectivity index (χ0v) is 28.1. The van der Waals surface area contributed by atoms with E-state index in [1.54, 1.807) is 7.11 Å². The number of pyridine rings is 1. The molecule has 0 atom stereocenters. The number of nitrogens with one attached hydrogen (secondary N) is 2. The van der Waals surface area contributed by atoms with Crippen molar-refractivity contribution in [3.8, 4) is 28.0 Å². The minimum absolute atomic E-state index is 0.120. The second-order valence-electron chi connectivity index (χ2n) is 12.6. The van der Waals surface area contributed by atoms with Crippen LogP contribution in [-0.4, -0.2) is 44.3 Å². The fraction of sp³-hybridized carbons (Fsp3) is 0.190. The quantitative estimate of drug-likeness (QED) is 0.163. The minimum atomic E-state index is -0.120. The first-order valence-electron chi connectivity index (χ1n) is 16.7. The molecule has 7 heteroatoms. The third-order valence-corrected chi connectivity index (χ3v) is 8.93. The van der Waals surface area contributed by atoms with E-state index in [0.717, 1.165) is 93.4 Å². The number of methoxy groups -OCH3 is 1. The molecule has 1 aliphatic rings. The van der Waals surface area contributed by atoms with Gasteiger partial charge in [0.05, 0.1) is 25.8 Å². The Kier molecular flexibility index (Phi) is 9.26. The average Bonchev–Trinajstić information content (AvgIpc) is 3.13. The average molecular weight is 649 g/mol. The van der Waals surface area contributed by atoms with Gasteiger partial charge in [-0.3, -0.25) is 4.79 Å². The Morgan fingerprint density at radius 2 is 1.51 bits per heavy atom. The predicted octanol–water partition coefficient (Wildman–Crippen LogP) is 8.90. The van der Waals surface area contributed by atoms with Gasteiger partial charge in [0.25, 0.3) is 5.91 Å². The van der Waals surface area contributed by atoms with Gasteiger partial charge in [0.1, 0.15) is 11.6 Å². The molecule has 7 rings (SSSR count). The monoisotopic (exact) mass is 648 g/mol. The molecular formula is C42H40N4O3. The number of carbonyl (C=O) groups excluding carboxylic acids is 1. The van der Waals surface area contributed by atoms with Crippen molar-refractivity contribution in [2.24, 2.45) is 0 Å². The van der Waals surface area contributed by atoms with Crippen LogP contribution in [0.3, 0.4) is 0 Å². The Bertz CT molecular complexity index is 2080. The number of morpholine rings is 1. The van der Waals surface area contributed by atoms with Crippen LogP contribution in [0.1, 0.15) is 27.0 Å². The molecule has 7 nitrogen and oxygen atoms in total. The maximum Gasteiger partial charge on any atom is 0.255 e. The van der Waals surface area contributed by atoms with Crippen molar-refractivity contribution in [2.45, 2.75) is 20.4 Å². The normalized spacial score (nSPS) is 12.9. The number of benzene rings is 5. The molecule has 1 fully saturated rings. The van der Waals surface area contributed by atoms with Crippen LogP contribution in [0.15, 0.2) is 115 Å². The zero-order valence-electron chi connectivity index (χ0n) is 28.1. The summed E-state index contributed by atoms with van der Waals surface area (Å²) >= 11 is 0. The number of ether oxygens (including phenoxy) is 2. The van der Waals surface area contributed by atoms with Crippen molar-refractivity contribution < 1.29 is 14.3 Å². The van der Waals surface area contributed by atoms with Crippen LogP contribution in [0.25, 0.3) is 33.2 Å². The first kappa shape index (κ1) is 31.9. The molecule has 1 aromatic heterocycles. The third-order valence-electron chi connectivity index (χ3n) is 8.93. The summed E-state index contributed by atoms with van der Waals surface area (Å²) in [5, 5.41) is 7.72. The number of aryl methyl sites for hydroxylation is 2. The summed E-state index contributed by atoms with van der Waals surface area (Å²) < 4.78 is 10.9. The molecule has 49 heavy (non-hydrogen) atoms. The SMILES string of the molecule is COc1ccc(CNc2nc3ccc(-c4cccc(NC(=O)c5cc(C)cc(C)c5)c4)cc3cc2-c2ccc(N3CCOCC3)cc2)cc1. The number of nitrogens with zero attached hydrogens (tertiary/aromatic N) is 2. The predicted molar refractivity (Wildman–Crippen MR) is 200 cm³/mol. The van der Waals surface area contributed by atoms with Crippen LogP contribution in [0.5, 0.6) is 5.75 Å². The smallest absolute Gasteiger partial charge is 0.255 e. The lowest BCUT2D eigenvalue weighted by Crippen LogP contribution is -2.36. The molecule has 0 unspecified atom stereocenters. The molecule has 1 aliphatic heterocycles. The van der Waals surface area contributed by atoms with Gasteiger partial charge in [0, 0.05) is 47.5 Å². The first-order valence-corrected chi connectivity index (χ1v) is 16.7. The van der Waals surface area contributed by atoms with Crippen LogP contribution in [-0.2, 0) is 11.3 Å². The third kappa shape index (κ3) is 7.42. The highest BCUT2D eigenvalue weighted by molar-refractivity contribution is 6.05. The van der Waals surface area contributed by atoms with Crippen LogP contribution < -0.4 is 20.3 Å². The highest BCUT2D eigenvalue weighted by atomic mass is 16.5. The summed E-state index contributed by atoms with van der Waals surface area (Å²) in [6.07, 6.45) is 0. The second kappa shape index (κ2) is 14.2. The molecule has 0 bridgehead atoms. The van der Waals surface area contributed by atoms with Crippen molar-refractivity contribution in [2.75, 3.05) is 48.9 Å². The van der Waals surface area contributed by atoms with Gasteiger partial charge in [-0.2, -0.15) is 0 Å². The van der Waals surface area contributed by atoms with E-state index in [1.807, 2.05) is 56.3 Å². The number of aromatic nitrogens is 1. The van der Waals surface area contributed by atoms with E-state index in [9.17, 15) is 4.79 Å². The lowest BCUT2D eigenvalue weighted by molar-refractivity contribution is 0.102. The van der Waals surface area contributed by atoms with E-state index >= 15 is 0 Å². The van der Waals surface area contributed by atoms with E-state index in [1.165, 1.54) is 5.69 Å². The van der Waals surface area contributed by atoms with E-state index in [2.05, 4.69) is 88.3 Å². The lowest BCUT2D eigenvalue weighted by Gasteiger charge is -2.29. The second-order valence-corrected chi connectivity index (χ2v) is 12.6. The van der Waals surface area contributed by atoms with E-state index in [-0.39, 0.29) is 5.91 Å². The standard InChI is InChI=1S/C42H40N4O3/c1-28-21-29(2)23-35(22-28)42(47)44-36-6-4-5-32(25-36)33-11-16-40-34(24-33)26-39(31-9-12-37(13-10-31)46-17-19-49-20-18-46)41(45-40)43-27-30-7-14-38(48-3)15-8-30/h4-16,21-26H,17-20,27H2,1-3H3,(H,43,45)(H,44,47). The summed E-state index contributed by atoms with van der Waals surface area (Å²) in [6.45, 7) is 7.92. The molecule has 0 saturated carbocycles. The molecule has 2 heterocycles. The topological polar surface area (TPSA) is 75.7 Å². The maximum absolute atomic E-state index is 13.1. The first-order chi connectivity index (χ1) is 23.9. The Labute approximate surface area is 287 Å². The van der Waals surface area contributed by atoms with Crippen LogP contribution in [0, 0.1) is 13.8 Å². The van der Waals surface area contributed by atoms with E-state index in [0.29, 0.717) is 12.1 Å². The minimum Gasteiger partial charge on any atom is -0.497 e. The zero-order chi connectivity index (χ0) is 33.7. The lowest BCUT2D eigenvalue weighted by atomic mass is 9.99. The number of rotatable bonds is 9. The molecule has 0 spiro atoms. The van der Waals surface area contributed by atoms with Crippen molar-refractivity contribution in [3.63, 3.8) is 0 Å². The van der Waals surface area contributed by atoms with Gasteiger partial charge in [0.15, 0.2) is 0 Å². The number of amides is 1. The van der Waals surface area contributed by atoms with Gasteiger partial charge in [-0.15, -0.1) is 0 Å². The number of anilines is 3. The van der Waals surface area contributed by atoms with Crippen molar-refractivity contribution in [1.29, 1.82) is 0 Å². The molecule has 1 amide bonds. The molecule has 246 valence electrons. The summed E-state index contributed by atoms with van der Waals surface area (Å²) in [7, 11) is 1.68. The van der Waals surface area contributed by atoms with Gasteiger partial charge in [-0.25, -0.2) is 4.98 Å². The summed E-state index contributed by atoms with van der Waals surface area (Å²) in [4.78, 5) is 20.6. The Morgan fingerprint density at radius 1 is 0.796 bits per heavy atom. The Morgan fingerprint density at radius 3 is 2.24 bits per heavy atom. The van der Waals surface area contributed by atoms with Gasteiger partial charge in [-0.1, -0.05) is 59.7 Å². The Hall–Kier alpha value is -5.66. The van der Waals surface area contributed by atoms with Crippen LogP contribution >= 0.6 is 0 Å². The molecule has 0 aliphatic carbocycles. The maximum atomic E-state index is 13.1. The molecule has 5 aromatic carbocycles.